The third-order valence-corrected chi connectivity index (χ3v) is 6.17. The van der Waals surface area contributed by atoms with Crippen LogP contribution in [-0.4, -0.2) is 40.6 Å². The predicted molar refractivity (Wildman–Crippen MR) is 113 cm³/mol. The van der Waals surface area contributed by atoms with Gasteiger partial charge < -0.3 is 4.74 Å². The van der Waals surface area contributed by atoms with Crippen LogP contribution in [0.15, 0.2) is 59.5 Å². The summed E-state index contributed by atoms with van der Waals surface area (Å²) in [6.07, 6.45) is 1.81. The lowest BCUT2D eigenvalue weighted by Gasteiger charge is -2.18. The van der Waals surface area contributed by atoms with Crippen molar-refractivity contribution in [2.75, 3.05) is 0 Å². The molecule has 2 aromatic carbocycles. The number of hydrogen-bond donors (Lipinski definition) is 1. The summed E-state index contributed by atoms with van der Waals surface area (Å²) in [5.41, 5.74) is 0.707. The number of halogens is 1. The topological polar surface area (TPSA) is 116 Å². The van der Waals surface area contributed by atoms with Crippen LogP contribution < -0.4 is 4.72 Å². The van der Waals surface area contributed by atoms with Crippen molar-refractivity contribution < 1.29 is 22.3 Å². The summed E-state index contributed by atoms with van der Waals surface area (Å²) in [6, 6.07) is 12.5. The van der Waals surface area contributed by atoms with E-state index in [4.69, 9.17) is 4.74 Å². The number of rotatable bonds is 11. The number of carbonyl (C=O) groups is 1. The first-order valence-electron chi connectivity index (χ1n) is 10.1. The van der Waals surface area contributed by atoms with Gasteiger partial charge in [0.25, 0.3) is 0 Å². The van der Waals surface area contributed by atoms with Gasteiger partial charge in [0.15, 0.2) is 12.4 Å². The fourth-order valence-electron chi connectivity index (χ4n) is 2.98. The van der Waals surface area contributed by atoms with Gasteiger partial charge in [0.1, 0.15) is 16.8 Å². The summed E-state index contributed by atoms with van der Waals surface area (Å²) >= 11 is 0. The van der Waals surface area contributed by atoms with Crippen LogP contribution in [0.25, 0.3) is 0 Å². The normalized spacial score (nSPS) is 12.4. The van der Waals surface area contributed by atoms with Crippen LogP contribution in [0.5, 0.6) is 0 Å². The van der Waals surface area contributed by atoms with Crippen molar-refractivity contribution >= 4 is 16.0 Å². The zero-order valence-electron chi connectivity index (χ0n) is 17.5. The van der Waals surface area contributed by atoms with E-state index >= 15 is 0 Å². The van der Waals surface area contributed by atoms with Crippen molar-refractivity contribution in [1.29, 1.82) is 0 Å². The highest BCUT2D eigenvalue weighted by Crippen LogP contribution is 2.15. The molecule has 0 bridgehead atoms. The molecule has 3 rings (SSSR count). The van der Waals surface area contributed by atoms with Crippen molar-refractivity contribution in [1.82, 2.24) is 24.9 Å². The first kappa shape index (κ1) is 23.5. The van der Waals surface area contributed by atoms with E-state index in [1.54, 1.807) is 30.3 Å². The molecule has 32 heavy (non-hydrogen) atoms. The molecule has 0 spiro atoms. The monoisotopic (exact) mass is 461 g/mol. The third kappa shape index (κ3) is 6.17. The number of sulfonamides is 1. The minimum absolute atomic E-state index is 0.0220. The molecule has 0 amide bonds. The van der Waals surface area contributed by atoms with Crippen LogP contribution in [0.2, 0.25) is 0 Å². The van der Waals surface area contributed by atoms with E-state index < -0.39 is 32.7 Å². The number of esters is 1. The van der Waals surface area contributed by atoms with Crippen molar-refractivity contribution in [3.8, 4) is 0 Å². The Morgan fingerprint density at radius 3 is 2.59 bits per heavy atom. The van der Waals surface area contributed by atoms with Gasteiger partial charge in [0.05, 0.1) is 0 Å². The molecule has 1 N–H and O–H groups in total. The molecule has 0 aliphatic heterocycles. The molecular formula is C21H24FN5O4S. The number of nitrogens with one attached hydrogen (secondary N) is 1. The van der Waals surface area contributed by atoms with Gasteiger partial charge in [-0.2, -0.15) is 4.72 Å². The Morgan fingerprint density at radius 2 is 1.88 bits per heavy atom. The lowest BCUT2D eigenvalue weighted by molar-refractivity contribution is -0.147. The van der Waals surface area contributed by atoms with E-state index in [0.29, 0.717) is 17.9 Å². The van der Waals surface area contributed by atoms with Crippen molar-refractivity contribution in [3.63, 3.8) is 0 Å². The molecule has 0 saturated carbocycles. The maximum Gasteiger partial charge on any atom is 0.324 e. The van der Waals surface area contributed by atoms with Gasteiger partial charge in [-0.05, 0) is 41.0 Å². The molecule has 0 saturated heterocycles. The van der Waals surface area contributed by atoms with Gasteiger partial charge in [-0.1, -0.05) is 55.8 Å². The summed E-state index contributed by atoms with van der Waals surface area (Å²) in [5.74, 6) is -1.39. The lowest BCUT2D eigenvalue weighted by Crippen LogP contribution is -2.43. The van der Waals surface area contributed by atoms with E-state index in [1.807, 2.05) is 6.92 Å². The molecule has 1 aromatic heterocycles. The number of hydrogen-bond acceptors (Lipinski definition) is 7. The zero-order valence-corrected chi connectivity index (χ0v) is 18.3. The van der Waals surface area contributed by atoms with E-state index in [9.17, 15) is 17.6 Å². The minimum Gasteiger partial charge on any atom is -0.456 e. The second-order valence-corrected chi connectivity index (χ2v) is 8.76. The molecular weight excluding hydrogens is 437 g/mol. The molecule has 9 nitrogen and oxygen atoms in total. The molecule has 170 valence electrons. The first-order valence-corrected chi connectivity index (χ1v) is 11.6. The molecule has 1 heterocycles. The van der Waals surface area contributed by atoms with E-state index in [2.05, 4.69) is 20.2 Å². The second-order valence-electron chi connectivity index (χ2n) is 7.07. The summed E-state index contributed by atoms with van der Waals surface area (Å²) in [7, 11) is -4.32. The van der Waals surface area contributed by atoms with Gasteiger partial charge >= 0.3 is 5.97 Å². The maximum absolute atomic E-state index is 14.1. The molecule has 0 radical (unpaired) electrons. The summed E-state index contributed by atoms with van der Waals surface area (Å²) in [5, 5.41) is 11.3. The lowest BCUT2D eigenvalue weighted by atomic mass is 10.1. The SMILES string of the molecule is CCCCn1nnnc1COC(=O)C(Cc1ccccc1)NS(=O)(=O)c1ccccc1F. The fourth-order valence-corrected chi connectivity index (χ4v) is 4.24. The van der Waals surface area contributed by atoms with E-state index in [0.717, 1.165) is 25.0 Å². The second kappa shape index (κ2) is 10.9. The Bertz CT molecular complexity index is 1140. The highest BCUT2D eigenvalue weighted by Gasteiger charge is 2.29. The fraction of sp³-hybridized carbons (Fsp3) is 0.333. The molecule has 0 aliphatic rings. The number of aryl methyl sites for hydroxylation is 1. The van der Waals surface area contributed by atoms with Crippen LogP contribution in [0, 0.1) is 5.82 Å². The maximum atomic E-state index is 14.1. The molecule has 1 atom stereocenters. The third-order valence-electron chi connectivity index (χ3n) is 4.66. The average Bonchev–Trinajstić information content (AvgIpc) is 3.23. The van der Waals surface area contributed by atoms with E-state index in [1.165, 1.54) is 16.8 Å². The highest BCUT2D eigenvalue weighted by atomic mass is 32.2. The van der Waals surface area contributed by atoms with Crippen molar-refractivity contribution in [2.45, 2.75) is 50.3 Å². The quantitative estimate of drug-likeness (QED) is 0.435. The van der Waals surface area contributed by atoms with Gasteiger partial charge in [-0.15, -0.1) is 5.10 Å². The number of tetrazole rings is 1. The van der Waals surface area contributed by atoms with Crippen LogP contribution >= 0.6 is 0 Å². The summed E-state index contributed by atoms with van der Waals surface area (Å²) < 4.78 is 48.8. The Morgan fingerprint density at radius 1 is 1.16 bits per heavy atom. The minimum atomic E-state index is -4.32. The zero-order chi connectivity index (χ0) is 23.0. The summed E-state index contributed by atoms with van der Waals surface area (Å²) in [4.78, 5) is 12.3. The van der Waals surface area contributed by atoms with Crippen LogP contribution in [0.3, 0.4) is 0 Å². The van der Waals surface area contributed by atoms with Crippen LogP contribution in [0.4, 0.5) is 4.39 Å². The smallest absolute Gasteiger partial charge is 0.324 e. The van der Waals surface area contributed by atoms with Gasteiger partial charge in [0, 0.05) is 6.54 Å². The van der Waals surface area contributed by atoms with Crippen LogP contribution in [0.1, 0.15) is 31.2 Å². The van der Waals surface area contributed by atoms with Crippen molar-refractivity contribution in [2.24, 2.45) is 0 Å². The Kier molecular flexibility index (Phi) is 8.01. The Hall–Kier alpha value is -3.18. The van der Waals surface area contributed by atoms with Gasteiger partial charge in [-0.3, -0.25) is 4.79 Å². The molecule has 3 aromatic rings. The first-order chi connectivity index (χ1) is 15.4. The number of ether oxygens (including phenoxy) is 1. The number of aromatic nitrogens is 4. The largest absolute Gasteiger partial charge is 0.456 e. The highest BCUT2D eigenvalue weighted by molar-refractivity contribution is 7.89. The Balaban J connectivity index is 1.77. The molecule has 1 unspecified atom stereocenters. The molecule has 0 aliphatic carbocycles. The van der Waals surface area contributed by atoms with E-state index in [-0.39, 0.29) is 13.0 Å². The van der Waals surface area contributed by atoms with Crippen molar-refractivity contribution in [3.05, 3.63) is 71.8 Å². The standard InChI is InChI=1S/C21H24FN5O4S/c1-2-3-13-27-20(23-25-26-27)15-31-21(28)18(14-16-9-5-4-6-10-16)24-32(29,30)19-12-8-7-11-17(19)22/h4-12,18,24H,2-3,13-15H2,1H3. The average molecular weight is 462 g/mol. The number of benzene rings is 2. The number of nitrogens with zero attached hydrogens (tertiary/aromatic N) is 4. The predicted octanol–water partition coefficient (Wildman–Crippen LogP) is 2.25. The summed E-state index contributed by atoms with van der Waals surface area (Å²) in [6.45, 7) is 2.38. The van der Waals surface area contributed by atoms with Crippen LogP contribution in [-0.2, 0) is 39.1 Å². The molecule has 0 fully saturated rings. The van der Waals surface area contributed by atoms with Gasteiger partial charge in [0.2, 0.25) is 10.0 Å². The number of unbranched alkanes of at least 4 members (excludes halogenated alkanes) is 1. The molecule has 11 heteroatoms. The number of carbonyl (C=O) groups excluding carboxylic acids is 1. The Labute approximate surface area is 185 Å². The van der Waals surface area contributed by atoms with Gasteiger partial charge in [-0.25, -0.2) is 17.5 Å².